The van der Waals surface area contributed by atoms with Crippen LogP contribution in [0.4, 0.5) is 10.9 Å². The number of amides is 1. The molecule has 0 bridgehead atoms. The Hall–Kier alpha value is -1.30. The molecule has 2 atom stereocenters. The first-order chi connectivity index (χ1) is 8.52. The van der Waals surface area contributed by atoms with Crippen LogP contribution in [-0.4, -0.2) is 35.4 Å². The van der Waals surface area contributed by atoms with Crippen LogP contribution in [0, 0.1) is 5.92 Å². The first-order valence-corrected chi connectivity index (χ1v) is 7.09. The molecule has 2 heterocycles. The fourth-order valence-corrected chi connectivity index (χ4v) is 3.09. The quantitative estimate of drug-likeness (QED) is 0.861. The van der Waals surface area contributed by atoms with Gasteiger partial charge in [-0.3, -0.25) is 4.79 Å². The molecule has 0 saturated carbocycles. The summed E-state index contributed by atoms with van der Waals surface area (Å²) in [6, 6.07) is 0.285. The number of nitrogen functional groups attached to an aromatic ring is 1. The molecule has 1 fully saturated rings. The van der Waals surface area contributed by atoms with E-state index in [1.54, 1.807) is 7.05 Å². The van der Waals surface area contributed by atoms with Crippen LogP contribution in [0.15, 0.2) is 0 Å². The van der Waals surface area contributed by atoms with Crippen LogP contribution in [0.5, 0.6) is 0 Å². The van der Waals surface area contributed by atoms with Crippen LogP contribution in [0.25, 0.3) is 0 Å². The summed E-state index contributed by atoms with van der Waals surface area (Å²) in [5.74, 6) is 0.911. The van der Waals surface area contributed by atoms with Gasteiger partial charge in [-0.2, -0.15) is 0 Å². The van der Waals surface area contributed by atoms with Gasteiger partial charge in [0.2, 0.25) is 0 Å². The lowest BCUT2D eigenvalue weighted by molar-refractivity contribution is 0.0580. The molecule has 3 N–H and O–H groups in total. The normalized spacial score (nSPS) is 24.1. The number of aromatic nitrogens is 1. The summed E-state index contributed by atoms with van der Waals surface area (Å²) in [5, 5.41) is 3.61. The van der Waals surface area contributed by atoms with E-state index in [2.05, 4.69) is 24.1 Å². The highest BCUT2D eigenvalue weighted by atomic mass is 32.1. The lowest BCUT2D eigenvalue weighted by Crippen LogP contribution is -2.44. The van der Waals surface area contributed by atoms with Gasteiger partial charge < -0.3 is 16.0 Å². The second-order valence-corrected chi connectivity index (χ2v) is 5.97. The smallest absolute Gasteiger partial charge is 0.268 e. The molecule has 5 nitrogen and oxygen atoms in total. The molecule has 1 amide bonds. The van der Waals surface area contributed by atoms with Crippen molar-refractivity contribution in [3.05, 3.63) is 4.88 Å². The van der Waals surface area contributed by atoms with Gasteiger partial charge in [0, 0.05) is 19.6 Å². The van der Waals surface area contributed by atoms with E-state index in [0.29, 0.717) is 21.7 Å². The third kappa shape index (κ3) is 2.43. The van der Waals surface area contributed by atoms with Gasteiger partial charge >= 0.3 is 0 Å². The first-order valence-electron chi connectivity index (χ1n) is 6.28. The minimum absolute atomic E-state index is 0.0190. The highest BCUT2D eigenvalue weighted by Gasteiger charge is 2.30. The largest absolute Gasteiger partial charge is 0.382 e. The average molecular weight is 268 g/mol. The number of hydrogen-bond acceptors (Lipinski definition) is 5. The Bertz CT molecular complexity index is 445. The van der Waals surface area contributed by atoms with Gasteiger partial charge in [0.25, 0.3) is 5.91 Å². The maximum Gasteiger partial charge on any atom is 0.268 e. The van der Waals surface area contributed by atoms with Crippen molar-refractivity contribution >= 4 is 28.2 Å². The highest BCUT2D eigenvalue weighted by Crippen LogP contribution is 2.29. The molecule has 1 saturated heterocycles. The Morgan fingerprint density at radius 2 is 2.22 bits per heavy atom. The van der Waals surface area contributed by atoms with Crippen LogP contribution in [0.2, 0.25) is 0 Å². The standard InChI is InChI=1S/C12H20N4OS/c1-7-4-5-8(2)16(6-7)11(17)9-10(13)15-12(14-3)18-9/h7-8H,4-6,13H2,1-3H3,(H,14,15). The zero-order valence-corrected chi connectivity index (χ0v) is 11.9. The number of piperidine rings is 1. The molecule has 0 radical (unpaired) electrons. The van der Waals surface area contributed by atoms with Gasteiger partial charge in [0.05, 0.1) is 0 Å². The van der Waals surface area contributed by atoms with E-state index in [1.165, 1.54) is 17.8 Å². The third-order valence-corrected chi connectivity index (χ3v) is 4.52. The molecule has 6 heteroatoms. The number of nitrogens with two attached hydrogens (primary N) is 1. The number of hydrogen-bond donors (Lipinski definition) is 2. The van der Waals surface area contributed by atoms with Crippen LogP contribution in [0.3, 0.4) is 0 Å². The van der Waals surface area contributed by atoms with E-state index in [1.807, 2.05) is 4.90 Å². The summed E-state index contributed by atoms with van der Waals surface area (Å²) in [6.07, 6.45) is 2.25. The molecule has 1 aromatic rings. The van der Waals surface area contributed by atoms with Crippen molar-refractivity contribution in [2.75, 3.05) is 24.6 Å². The summed E-state index contributed by atoms with van der Waals surface area (Å²) in [4.78, 5) is 19.1. The predicted molar refractivity (Wildman–Crippen MR) is 75.0 cm³/mol. The molecule has 1 aromatic heterocycles. The third-order valence-electron chi connectivity index (χ3n) is 3.44. The predicted octanol–water partition coefficient (Wildman–Crippen LogP) is 2.03. The zero-order valence-electron chi connectivity index (χ0n) is 11.1. The Kier molecular flexibility index (Phi) is 3.75. The number of carbonyl (C=O) groups excluding carboxylic acids is 1. The number of carbonyl (C=O) groups is 1. The lowest BCUT2D eigenvalue weighted by atomic mass is 9.95. The lowest BCUT2D eigenvalue weighted by Gasteiger charge is -2.36. The van der Waals surface area contributed by atoms with Crippen LogP contribution in [-0.2, 0) is 0 Å². The van der Waals surface area contributed by atoms with Crippen molar-refractivity contribution in [1.29, 1.82) is 0 Å². The number of nitrogens with one attached hydrogen (secondary N) is 1. The molecule has 0 aromatic carbocycles. The fraction of sp³-hybridized carbons (Fsp3) is 0.667. The maximum absolute atomic E-state index is 12.5. The van der Waals surface area contributed by atoms with Crippen LogP contribution >= 0.6 is 11.3 Å². The average Bonchev–Trinajstić information content (AvgIpc) is 2.73. The second-order valence-electron chi connectivity index (χ2n) is 4.97. The van der Waals surface area contributed by atoms with Crippen molar-refractivity contribution in [3.63, 3.8) is 0 Å². The zero-order chi connectivity index (χ0) is 13.3. The van der Waals surface area contributed by atoms with Crippen molar-refractivity contribution in [2.24, 2.45) is 5.92 Å². The highest BCUT2D eigenvalue weighted by molar-refractivity contribution is 7.18. The number of rotatable bonds is 2. The van der Waals surface area contributed by atoms with Crippen molar-refractivity contribution in [3.8, 4) is 0 Å². The summed E-state index contributed by atoms with van der Waals surface area (Å²) >= 11 is 1.33. The number of thiazole rings is 1. The van der Waals surface area contributed by atoms with Gasteiger partial charge in [-0.05, 0) is 25.7 Å². The molecule has 0 aliphatic carbocycles. The van der Waals surface area contributed by atoms with E-state index >= 15 is 0 Å². The van der Waals surface area contributed by atoms with Crippen molar-refractivity contribution in [2.45, 2.75) is 32.7 Å². The van der Waals surface area contributed by atoms with Crippen LogP contribution in [0.1, 0.15) is 36.4 Å². The van der Waals surface area contributed by atoms with Gasteiger partial charge in [-0.25, -0.2) is 4.98 Å². The molecular weight excluding hydrogens is 248 g/mol. The van der Waals surface area contributed by atoms with Gasteiger partial charge in [-0.1, -0.05) is 18.3 Å². The Balaban J connectivity index is 2.21. The molecule has 1 aliphatic rings. The minimum atomic E-state index is 0.0190. The van der Waals surface area contributed by atoms with E-state index < -0.39 is 0 Å². The SMILES string of the molecule is CNc1nc(N)c(C(=O)N2CC(C)CCC2C)s1. The summed E-state index contributed by atoms with van der Waals surface area (Å²) in [6.45, 7) is 5.09. The van der Waals surface area contributed by atoms with Gasteiger partial charge in [0.1, 0.15) is 10.7 Å². The van der Waals surface area contributed by atoms with E-state index in [4.69, 9.17) is 5.73 Å². The van der Waals surface area contributed by atoms with Crippen molar-refractivity contribution in [1.82, 2.24) is 9.88 Å². The summed E-state index contributed by atoms with van der Waals surface area (Å²) in [5.41, 5.74) is 5.82. The van der Waals surface area contributed by atoms with E-state index in [9.17, 15) is 4.79 Å². The van der Waals surface area contributed by atoms with E-state index in [0.717, 1.165) is 13.0 Å². The first kappa shape index (κ1) is 13.1. The number of likely N-dealkylation sites (tertiary alicyclic amines) is 1. The number of anilines is 2. The molecule has 2 rings (SSSR count). The number of nitrogens with zero attached hydrogens (tertiary/aromatic N) is 2. The summed E-state index contributed by atoms with van der Waals surface area (Å²) in [7, 11) is 1.78. The monoisotopic (exact) mass is 268 g/mol. The molecule has 100 valence electrons. The summed E-state index contributed by atoms with van der Waals surface area (Å²) < 4.78 is 0. The topological polar surface area (TPSA) is 71.2 Å². The molecular formula is C12H20N4OS. The van der Waals surface area contributed by atoms with E-state index in [-0.39, 0.29) is 11.9 Å². The molecule has 0 spiro atoms. The molecule has 1 aliphatic heterocycles. The maximum atomic E-state index is 12.5. The second kappa shape index (κ2) is 5.14. The van der Waals surface area contributed by atoms with Crippen molar-refractivity contribution < 1.29 is 4.79 Å². The van der Waals surface area contributed by atoms with Gasteiger partial charge in [0.15, 0.2) is 5.13 Å². The molecule has 18 heavy (non-hydrogen) atoms. The van der Waals surface area contributed by atoms with Crippen LogP contribution < -0.4 is 11.1 Å². The molecule has 2 unspecified atom stereocenters. The minimum Gasteiger partial charge on any atom is -0.382 e. The Labute approximate surface area is 111 Å². The fourth-order valence-electron chi connectivity index (χ4n) is 2.29. The van der Waals surface area contributed by atoms with Gasteiger partial charge in [-0.15, -0.1) is 0 Å². The Morgan fingerprint density at radius 1 is 1.50 bits per heavy atom. The Morgan fingerprint density at radius 3 is 2.83 bits per heavy atom.